The molecule has 0 aromatic carbocycles. The summed E-state index contributed by atoms with van der Waals surface area (Å²) < 4.78 is 0. The van der Waals surface area contributed by atoms with Gasteiger partial charge < -0.3 is 15.3 Å². The summed E-state index contributed by atoms with van der Waals surface area (Å²) in [7, 11) is 0. The lowest BCUT2D eigenvalue weighted by Crippen LogP contribution is -2.57. The predicted molar refractivity (Wildman–Crippen MR) is 94.7 cm³/mol. The molecule has 0 amide bonds. The Morgan fingerprint density at radius 1 is 1.24 bits per heavy atom. The van der Waals surface area contributed by atoms with E-state index < -0.39 is 6.10 Å². The molecule has 140 valence electrons. The zero-order valence-corrected chi connectivity index (χ0v) is 15.4. The lowest BCUT2D eigenvalue weighted by atomic mass is 9.46. The van der Waals surface area contributed by atoms with Crippen LogP contribution in [0.3, 0.4) is 0 Å². The summed E-state index contributed by atoms with van der Waals surface area (Å²) in [6.07, 6.45) is 7.72. The molecule has 4 aliphatic rings. The lowest BCUT2D eigenvalue weighted by molar-refractivity contribution is -0.143. The van der Waals surface area contributed by atoms with Crippen molar-refractivity contribution in [2.24, 2.45) is 34.5 Å². The molecule has 0 spiro atoms. The molecule has 0 saturated heterocycles. The van der Waals surface area contributed by atoms with E-state index in [1.807, 2.05) is 0 Å². The summed E-state index contributed by atoms with van der Waals surface area (Å²) in [5.41, 5.74) is 1.15. The van der Waals surface area contributed by atoms with Crippen molar-refractivity contribution >= 4 is 5.78 Å². The molecule has 3 saturated carbocycles. The van der Waals surface area contributed by atoms with Crippen LogP contribution in [0.1, 0.15) is 58.8 Å². The summed E-state index contributed by atoms with van der Waals surface area (Å²) in [5.74, 6) is 0.942. The zero-order chi connectivity index (χ0) is 18.0. The number of hydrogen-bond donors (Lipinski definition) is 3. The minimum Gasteiger partial charge on any atom is -0.393 e. The fourth-order valence-electron chi connectivity index (χ4n) is 7.41. The van der Waals surface area contributed by atoms with Gasteiger partial charge in [-0.3, -0.25) is 4.79 Å². The Kier molecular flexibility index (Phi) is 4.17. The van der Waals surface area contributed by atoms with Gasteiger partial charge in [0, 0.05) is 5.92 Å². The number of carbonyl (C=O) groups excluding carboxylic acids is 1. The minimum atomic E-state index is -0.401. The Morgan fingerprint density at radius 2 is 2.00 bits per heavy atom. The molecule has 0 aromatic heterocycles. The van der Waals surface area contributed by atoms with E-state index in [-0.39, 0.29) is 41.2 Å². The Hall–Kier alpha value is -0.710. The third kappa shape index (κ3) is 2.40. The summed E-state index contributed by atoms with van der Waals surface area (Å²) >= 11 is 0. The highest BCUT2D eigenvalue weighted by Gasteiger charge is 2.62. The van der Waals surface area contributed by atoms with E-state index in [9.17, 15) is 20.1 Å². The van der Waals surface area contributed by atoms with E-state index in [1.165, 1.54) is 5.57 Å². The topological polar surface area (TPSA) is 77.8 Å². The number of carbonyl (C=O) groups is 1. The number of hydrogen-bond acceptors (Lipinski definition) is 4. The molecule has 3 fully saturated rings. The second kappa shape index (κ2) is 5.90. The van der Waals surface area contributed by atoms with Gasteiger partial charge in [0.2, 0.25) is 0 Å². The summed E-state index contributed by atoms with van der Waals surface area (Å²) in [5, 5.41) is 30.6. The molecule has 2 unspecified atom stereocenters. The van der Waals surface area contributed by atoms with Gasteiger partial charge in [-0.2, -0.15) is 0 Å². The number of allylic oxidation sites excluding steroid dienone is 1. The van der Waals surface area contributed by atoms with E-state index in [1.54, 1.807) is 0 Å². The number of rotatable bonds is 2. The predicted octanol–water partition coefficient (Wildman–Crippen LogP) is 2.46. The summed E-state index contributed by atoms with van der Waals surface area (Å²) in [6, 6.07) is 0. The molecule has 0 bridgehead atoms. The highest BCUT2D eigenvalue weighted by atomic mass is 16.3. The van der Waals surface area contributed by atoms with Crippen LogP contribution in [0.4, 0.5) is 0 Å². The van der Waals surface area contributed by atoms with Gasteiger partial charge in [0.05, 0.1) is 12.2 Å². The average molecular weight is 348 g/mol. The van der Waals surface area contributed by atoms with Crippen LogP contribution >= 0.6 is 0 Å². The van der Waals surface area contributed by atoms with Gasteiger partial charge in [-0.25, -0.2) is 0 Å². The first kappa shape index (κ1) is 17.7. The maximum atomic E-state index is 12.3. The largest absolute Gasteiger partial charge is 0.393 e. The molecule has 25 heavy (non-hydrogen) atoms. The van der Waals surface area contributed by atoms with Gasteiger partial charge in [0.1, 0.15) is 6.61 Å². The number of ketones is 1. The molecule has 4 nitrogen and oxygen atoms in total. The minimum absolute atomic E-state index is 0.0119. The van der Waals surface area contributed by atoms with Crippen molar-refractivity contribution in [1.82, 2.24) is 0 Å². The third-order valence-corrected chi connectivity index (χ3v) is 8.55. The molecule has 3 N–H and O–H groups in total. The number of aliphatic hydroxyl groups excluding tert-OH is 3. The molecule has 8 atom stereocenters. The molecule has 0 aromatic rings. The molecular weight excluding hydrogens is 316 g/mol. The first-order valence-corrected chi connectivity index (χ1v) is 10.0. The van der Waals surface area contributed by atoms with Gasteiger partial charge in [0.15, 0.2) is 5.78 Å². The Labute approximate surface area is 150 Å². The first-order valence-electron chi connectivity index (χ1n) is 10.0. The van der Waals surface area contributed by atoms with Crippen LogP contribution in [0.15, 0.2) is 11.6 Å². The fraction of sp³-hybridized carbons (Fsp3) is 0.857. The van der Waals surface area contributed by atoms with E-state index >= 15 is 0 Å². The van der Waals surface area contributed by atoms with Crippen molar-refractivity contribution in [3.8, 4) is 0 Å². The highest BCUT2D eigenvalue weighted by molar-refractivity contribution is 5.83. The molecule has 4 heteroatoms. The maximum Gasteiger partial charge on any atom is 0.161 e. The van der Waals surface area contributed by atoms with Crippen molar-refractivity contribution in [1.29, 1.82) is 0 Å². The van der Waals surface area contributed by atoms with E-state index in [4.69, 9.17) is 0 Å². The summed E-state index contributed by atoms with van der Waals surface area (Å²) in [6.45, 7) is 4.09. The number of Topliss-reactive ketones (excluding diaryl/α,β-unsaturated/α-hetero) is 1. The normalized spacial score (nSPS) is 52.0. The van der Waals surface area contributed by atoms with Crippen LogP contribution in [0.5, 0.6) is 0 Å². The SMILES string of the molecule is C[C@]12CC(O)[C@H]3[C@@H](CC=C4CC(O)CC[C@@]43C)[C@@H]1CC[C@@H]2C(=O)CO. The van der Waals surface area contributed by atoms with Crippen LogP contribution in [0.25, 0.3) is 0 Å². The zero-order valence-electron chi connectivity index (χ0n) is 15.4. The Morgan fingerprint density at radius 3 is 2.72 bits per heavy atom. The molecule has 0 radical (unpaired) electrons. The monoisotopic (exact) mass is 348 g/mol. The van der Waals surface area contributed by atoms with E-state index in [2.05, 4.69) is 19.9 Å². The van der Waals surface area contributed by atoms with Crippen LogP contribution in [-0.2, 0) is 4.79 Å². The van der Waals surface area contributed by atoms with Gasteiger partial charge in [-0.15, -0.1) is 0 Å². The highest BCUT2D eigenvalue weighted by Crippen LogP contribution is 2.66. The number of aliphatic hydroxyl groups is 3. The van der Waals surface area contributed by atoms with E-state index in [0.29, 0.717) is 18.3 Å². The van der Waals surface area contributed by atoms with Crippen LogP contribution in [-0.4, -0.2) is 39.9 Å². The van der Waals surface area contributed by atoms with Gasteiger partial charge in [0.25, 0.3) is 0 Å². The molecule has 4 rings (SSSR count). The van der Waals surface area contributed by atoms with Crippen molar-refractivity contribution in [2.45, 2.75) is 71.0 Å². The van der Waals surface area contributed by atoms with E-state index in [0.717, 1.165) is 38.5 Å². The second-order valence-electron chi connectivity index (χ2n) is 9.61. The molecular formula is C21H32O4. The Balaban J connectivity index is 1.69. The van der Waals surface area contributed by atoms with Gasteiger partial charge >= 0.3 is 0 Å². The van der Waals surface area contributed by atoms with Crippen molar-refractivity contribution in [2.75, 3.05) is 6.61 Å². The standard InChI is InChI=1S/C21H32O4/c1-20-8-7-13(23)9-12(20)3-4-14-15-5-6-16(18(25)11-22)21(15,2)10-17(24)19(14)20/h3,13-17,19,22-24H,4-11H2,1-2H3/t13?,14-,15-,16+,17?,19+,20-,21-/m0/s1. The molecule has 0 heterocycles. The maximum absolute atomic E-state index is 12.3. The van der Waals surface area contributed by atoms with Crippen molar-refractivity contribution in [3.63, 3.8) is 0 Å². The number of fused-ring (bicyclic) bond motifs is 5. The van der Waals surface area contributed by atoms with Crippen molar-refractivity contribution in [3.05, 3.63) is 11.6 Å². The van der Waals surface area contributed by atoms with Gasteiger partial charge in [-0.1, -0.05) is 25.5 Å². The summed E-state index contributed by atoms with van der Waals surface area (Å²) in [4.78, 5) is 12.3. The smallest absolute Gasteiger partial charge is 0.161 e. The van der Waals surface area contributed by atoms with Crippen molar-refractivity contribution < 1.29 is 20.1 Å². The first-order chi connectivity index (χ1) is 11.8. The lowest BCUT2D eigenvalue weighted by Gasteiger charge is -2.59. The van der Waals surface area contributed by atoms with Crippen LogP contribution < -0.4 is 0 Å². The third-order valence-electron chi connectivity index (χ3n) is 8.55. The quantitative estimate of drug-likeness (QED) is 0.670. The Bertz CT molecular complexity index is 599. The second-order valence-corrected chi connectivity index (χ2v) is 9.61. The van der Waals surface area contributed by atoms with Crippen LogP contribution in [0.2, 0.25) is 0 Å². The molecule has 0 aliphatic heterocycles. The average Bonchev–Trinajstić information content (AvgIpc) is 2.91. The van der Waals surface area contributed by atoms with Crippen LogP contribution in [0, 0.1) is 34.5 Å². The van der Waals surface area contributed by atoms with Gasteiger partial charge in [-0.05, 0) is 73.5 Å². The fourth-order valence-corrected chi connectivity index (χ4v) is 7.41. The molecule has 4 aliphatic carbocycles.